The van der Waals surface area contributed by atoms with Crippen LogP contribution < -0.4 is 15.8 Å². The van der Waals surface area contributed by atoms with Crippen LogP contribution in [-0.2, 0) is 19.4 Å². The summed E-state index contributed by atoms with van der Waals surface area (Å²) in [5, 5.41) is 14.4. The number of sulfone groups is 1. The van der Waals surface area contributed by atoms with Gasteiger partial charge in [0.15, 0.2) is 21.4 Å². The van der Waals surface area contributed by atoms with Gasteiger partial charge in [-0.25, -0.2) is 17.8 Å². The van der Waals surface area contributed by atoms with Gasteiger partial charge in [0, 0.05) is 23.8 Å². The van der Waals surface area contributed by atoms with E-state index >= 15 is 0 Å². The second kappa shape index (κ2) is 11.4. The maximum Gasteiger partial charge on any atom is 0.309 e. The van der Waals surface area contributed by atoms with E-state index in [1.807, 2.05) is 0 Å². The van der Waals surface area contributed by atoms with Crippen LogP contribution in [-0.4, -0.2) is 54.2 Å². The lowest BCUT2D eigenvalue weighted by atomic mass is 9.93. The number of pyridine rings is 1. The minimum atomic E-state index is -3.71. The molecule has 3 atom stereocenters. The van der Waals surface area contributed by atoms with Crippen LogP contribution >= 0.6 is 0 Å². The van der Waals surface area contributed by atoms with Crippen LogP contribution in [0.25, 0.3) is 10.8 Å². The van der Waals surface area contributed by atoms with Crippen LogP contribution in [0.4, 0.5) is 15.9 Å². The highest BCUT2D eigenvalue weighted by Gasteiger charge is 2.47. The zero-order valence-electron chi connectivity index (χ0n) is 23.8. The predicted octanol–water partition coefficient (Wildman–Crippen LogP) is 4.73. The molecule has 1 saturated heterocycles. The number of aliphatic carboxylic acids is 1. The quantitative estimate of drug-likeness (QED) is 0.242. The number of carbonyl (C=O) groups is 2. The van der Waals surface area contributed by atoms with Crippen molar-refractivity contribution in [1.82, 2.24) is 9.88 Å². The Bertz CT molecular complexity index is 1880. The number of benzene rings is 3. The Morgan fingerprint density at radius 3 is 2.59 bits per heavy atom. The van der Waals surface area contributed by atoms with Crippen molar-refractivity contribution >= 4 is 44.0 Å². The van der Waals surface area contributed by atoms with Gasteiger partial charge in [0.25, 0.3) is 0 Å². The number of aromatic nitrogens is 1. The first-order valence-electron chi connectivity index (χ1n) is 14.2. The molecule has 1 aliphatic carbocycles. The molecule has 0 bridgehead atoms. The highest BCUT2D eigenvalue weighted by atomic mass is 32.2. The lowest BCUT2D eigenvalue weighted by Crippen LogP contribution is -2.40. The molecule has 228 valence electrons. The molecule has 4 N–H and O–H groups in total. The van der Waals surface area contributed by atoms with Gasteiger partial charge in [-0.1, -0.05) is 24.3 Å². The van der Waals surface area contributed by atoms with Gasteiger partial charge in [-0.3, -0.25) is 9.59 Å². The van der Waals surface area contributed by atoms with E-state index in [1.165, 1.54) is 36.3 Å². The zero-order chi connectivity index (χ0) is 31.2. The van der Waals surface area contributed by atoms with Crippen LogP contribution in [0.5, 0.6) is 5.75 Å². The Morgan fingerprint density at radius 1 is 1.09 bits per heavy atom. The van der Waals surface area contributed by atoms with Crippen molar-refractivity contribution < 1.29 is 32.2 Å². The molecule has 0 radical (unpaired) electrons. The molecular formula is C32H31FN4O6S. The van der Waals surface area contributed by atoms with Crippen LogP contribution in [0.1, 0.15) is 42.5 Å². The SMILES string of the molecule is COc1cc([C@@H](Nc2ccc3c(N)nccc3c2)C(=O)N2CC[C@@H](C(=O)O)[C@H]2c2ccccc2S(=O)(=O)C2CC2)ccc1F. The van der Waals surface area contributed by atoms with Gasteiger partial charge in [-0.05, 0) is 78.2 Å². The molecule has 10 nitrogen and oxygen atoms in total. The van der Waals surface area contributed by atoms with Gasteiger partial charge < -0.3 is 25.8 Å². The van der Waals surface area contributed by atoms with Crippen molar-refractivity contribution in [1.29, 1.82) is 0 Å². The molecule has 44 heavy (non-hydrogen) atoms. The largest absolute Gasteiger partial charge is 0.494 e. The number of carboxylic acids is 1. The van der Waals surface area contributed by atoms with Crippen LogP contribution in [0.2, 0.25) is 0 Å². The average Bonchev–Trinajstić information content (AvgIpc) is 3.79. The molecule has 0 spiro atoms. The minimum absolute atomic E-state index is 0.0483. The Balaban J connectivity index is 1.44. The van der Waals surface area contributed by atoms with Crippen molar-refractivity contribution in [3.8, 4) is 5.75 Å². The second-order valence-corrected chi connectivity index (χ2v) is 13.3. The monoisotopic (exact) mass is 618 g/mol. The number of hydrogen-bond donors (Lipinski definition) is 3. The van der Waals surface area contributed by atoms with Crippen LogP contribution in [0.15, 0.2) is 77.8 Å². The van der Waals surface area contributed by atoms with E-state index < -0.39 is 50.8 Å². The van der Waals surface area contributed by atoms with Crippen molar-refractivity contribution in [2.24, 2.45) is 5.92 Å². The Labute approximate surface area is 253 Å². The van der Waals surface area contributed by atoms with Crippen LogP contribution in [0.3, 0.4) is 0 Å². The molecule has 0 unspecified atom stereocenters. The van der Waals surface area contributed by atoms with Gasteiger partial charge in [-0.15, -0.1) is 0 Å². The lowest BCUT2D eigenvalue weighted by Gasteiger charge is -2.32. The number of amides is 1. The highest BCUT2D eigenvalue weighted by Crippen LogP contribution is 2.44. The Morgan fingerprint density at radius 2 is 1.86 bits per heavy atom. The molecule has 6 rings (SSSR count). The van der Waals surface area contributed by atoms with Gasteiger partial charge in [0.1, 0.15) is 11.9 Å². The fraction of sp³-hybridized carbons (Fsp3) is 0.281. The molecule has 4 aromatic rings. The molecule has 12 heteroatoms. The number of nitrogen functional groups attached to an aromatic ring is 1. The number of halogens is 1. The van der Waals surface area contributed by atoms with E-state index in [1.54, 1.807) is 48.7 Å². The third-order valence-corrected chi connectivity index (χ3v) is 10.7. The molecular weight excluding hydrogens is 587 g/mol. The molecule has 1 amide bonds. The number of carbonyl (C=O) groups excluding carboxylic acids is 1. The number of nitrogens with two attached hydrogens (primary N) is 1. The molecule has 1 aromatic heterocycles. The van der Waals surface area contributed by atoms with Gasteiger partial charge >= 0.3 is 5.97 Å². The number of fused-ring (bicyclic) bond motifs is 1. The summed E-state index contributed by atoms with van der Waals surface area (Å²) in [5.74, 6) is -2.99. The van der Waals surface area contributed by atoms with E-state index in [2.05, 4.69) is 10.3 Å². The Kier molecular flexibility index (Phi) is 7.62. The standard InChI is InChI=1S/C32H31FN4O6S/c1-43-26-17-19(6-11-25(26)33)28(36-20-7-10-22-18(16-20)12-14-35-30(22)34)31(38)37-15-13-24(32(39)40)29(37)23-4-2-3-5-27(23)44(41,42)21-8-9-21/h2-7,10-12,14,16-17,21,24,28-29,36H,8-9,13,15H2,1H3,(H2,34,35)(H,39,40)/t24-,28-,29-/m1/s1. The lowest BCUT2D eigenvalue weighted by molar-refractivity contribution is -0.143. The van der Waals surface area contributed by atoms with Gasteiger partial charge in [-0.2, -0.15) is 0 Å². The van der Waals surface area contributed by atoms with Crippen molar-refractivity contribution in [3.05, 3.63) is 89.9 Å². The summed E-state index contributed by atoms with van der Waals surface area (Å²) in [5.41, 5.74) is 7.22. The number of nitrogens with one attached hydrogen (secondary N) is 1. The summed E-state index contributed by atoms with van der Waals surface area (Å²) in [6.07, 6.45) is 2.78. The fourth-order valence-electron chi connectivity index (χ4n) is 5.99. The van der Waals surface area contributed by atoms with E-state index in [-0.39, 0.29) is 29.2 Å². The van der Waals surface area contributed by atoms with E-state index in [4.69, 9.17) is 10.5 Å². The van der Waals surface area contributed by atoms with E-state index in [0.29, 0.717) is 29.9 Å². The molecule has 1 saturated carbocycles. The predicted molar refractivity (Wildman–Crippen MR) is 162 cm³/mol. The first kappa shape index (κ1) is 29.4. The van der Waals surface area contributed by atoms with Crippen molar-refractivity contribution in [3.63, 3.8) is 0 Å². The summed E-state index contributed by atoms with van der Waals surface area (Å²) in [7, 11) is -2.39. The highest BCUT2D eigenvalue weighted by molar-refractivity contribution is 7.92. The number of anilines is 2. The molecule has 2 heterocycles. The first-order valence-corrected chi connectivity index (χ1v) is 15.7. The van der Waals surface area contributed by atoms with Gasteiger partial charge in [0.05, 0.1) is 29.2 Å². The Hall–Kier alpha value is -4.71. The van der Waals surface area contributed by atoms with E-state index in [9.17, 15) is 27.5 Å². The topological polar surface area (TPSA) is 152 Å². The van der Waals surface area contributed by atoms with Crippen molar-refractivity contribution in [2.75, 3.05) is 24.7 Å². The number of nitrogens with zero attached hydrogens (tertiary/aromatic N) is 2. The summed E-state index contributed by atoms with van der Waals surface area (Å²) < 4.78 is 46.5. The fourth-order valence-corrected chi connectivity index (χ4v) is 7.89. The summed E-state index contributed by atoms with van der Waals surface area (Å²) in [6, 6.07) is 15.3. The number of likely N-dealkylation sites (tertiary alicyclic amines) is 1. The minimum Gasteiger partial charge on any atom is -0.494 e. The normalized spacial score (nSPS) is 19.1. The number of methoxy groups -OCH3 is 1. The zero-order valence-corrected chi connectivity index (χ0v) is 24.6. The van der Waals surface area contributed by atoms with Crippen molar-refractivity contribution in [2.45, 2.75) is 41.5 Å². The third-order valence-electron chi connectivity index (χ3n) is 8.37. The smallest absolute Gasteiger partial charge is 0.309 e. The molecule has 2 aliphatic rings. The maximum absolute atomic E-state index is 14.6. The number of rotatable bonds is 9. The summed E-state index contributed by atoms with van der Waals surface area (Å²) >= 11 is 0. The van der Waals surface area contributed by atoms with E-state index in [0.717, 1.165) is 10.8 Å². The maximum atomic E-state index is 14.6. The third kappa shape index (κ3) is 5.30. The molecule has 3 aromatic carbocycles. The molecule has 2 fully saturated rings. The summed E-state index contributed by atoms with van der Waals surface area (Å²) in [6.45, 7) is 0.0781. The molecule has 1 aliphatic heterocycles. The first-order chi connectivity index (χ1) is 21.1. The second-order valence-electron chi connectivity index (χ2n) is 11.1. The van der Waals surface area contributed by atoms with Gasteiger partial charge in [0.2, 0.25) is 5.91 Å². The average molecular weight is 619 g/mol. The number of carboxylic acid groups (broad SMARTS) is 1. The summed E-state index contributed by atoms with van der Waals surface area (Å²) in [4.78, 5) is 32.6. The van der Waals surface area contributed by atoms with Crippen LogP contribution in [0, 0.1) is 11.7 Å². The number of ether oxygens (including phenoxy) is 1. The number of hydrogen-bond acceptors (Lipinski definition) is 8.